The van der Waals surface area contributed by atoms with Gasteiger partial charge in [0.25, 0.3) is 11.8 Å². The number of methoxy groups -OCH3 is 3. The van der Waals surface area contributed by atoms with Crippen molar-refractivity contribution in [2.24, 2.45) is 50.2 Å². The van der Waals surface area contributed by atoms with Crippen molar-refractivity contribution in [3.8, 4) is 0 Å². The Labute approximate surface area is 415 Å². The van der Waals surface area contributed by atoms with Crippen LogP contribution in [0.2, 0.25) is 0 Å². The zero-order chi connectivity index (χ0) is 52.7. The van der Waals surface area contributed by atoms with Gasteiger partial charge in [0, 0.05) is 5.92 Å². The molecular weight excluding hydrogens is 929 g/mol. The van der Waals surface area contributed by atoms with Crippen LogP contribution in [0.3, 0.4) is 0 Å². The number of aliphatic hydroxyl groups is 5. The molecule has 0 radical (unpaired) electrons. The molecule has 0 bridgehead atoms. The predicted octanol–water partition coefficient (Wildman–Crippen LogP) is 1.52. The molecule has 16 unspecified atom stereocenters. The SMILES string of the molecule is COC(=O)C(C)NC(=O)C1OC(OC2C(OC3CC[C@@]4(C)C(CC[C@]5(C)C4C(=O)C=C4C6C[C@@](C)(C(=O)OC)CC[C@]6(C)CC[C@]45C)C3(C)C)OC(C(=O)NC(C)C(=O)OC)C(O)C2O)C(O)C(O)C1O. The van der Waals surface area contributed by atoms with E-state index in [0.29, 0.717) is 19.3 Å². The number of hydrogen-bond donors (Lipinski definition) is 7. The number of carbonyl (C=O) groups excluding carboxylic acids is 6. The summed E-state index contributed by atoms with van der Waals surface area (Å²) in [7, 11) is 3.67. The molecule has 2 amide bonds. The second-order valence-electron chi connectivity index (χ2n) is 23.6. The molecule has 0 aromatic heterocycles. The van der Waals surface area contributed by atoms with E-state index >= 15 is 4.79 Å². The van der Waals surface area contributed by atoms with E-state index in [2.05, 4.69) is 43.1 Å². The third-order valence-corrected chi connectivity index (χ3v) is 19.2. The van der Waals surface area contributed by atoms with Crippen LogP contribution in [-0.2, 0) is 61.9 Å². The molecule has 21 atom stereocenters. The van der Waals surface area contributed by atoms with Crippen LogP contribution in [0.4, 0.5) is 0 Å². The monoisotopic (exact) mass is 1010 g/mol. The van der Waals surface area contributed by atoms with Crippen LogP contribution < -0.4 is 10.6 Å². The van der Waals surface area contributed by atoms with Crippen LogP contribution in [0.5, 0.6) is 0 Å². The highest BCUT2D eigenvalue weighted by molar-refractivity contribution is 5.96. The summed E-state index contributed by atoms with van der Waals surface area (Å²) in [4.78, 5) is 79.7. The quantitative estimate of drug-likeness (QED) is 0.0877. The van der Waals surface area contributed by atoms with Gasteiger partial charge in [-0.15, -0.1) is 0 Å². The molecule has 5 aliphatic carbocycles. The number of aliphatic hydroxyl groups excluding tert-OH is 5. The highest BCUT2D eigenvalue weighted by Crippen LogP contribution is 2.75. The van der Waals surface area contributed by atoms with E-state index in [9.17, 15) is 49.5 Å². The van der Waals surface area contributed by atoms with Gasteiger partial charge < -0.3 is 69.3 Å². The Morgan fingerprint density at radius 3 is 1.77 bits per heavy atom. The second kappa shape index (κ2) is 19.6. The second-order valence-corrected chi connectivity index (χ2v) is 23.6. The molecule has 4 saturated carbocycles. The van der Waals surface area contributed by atoms with Crippen LogP contribution in [0, 0.1) is 50.2 Å². The van der Waals surface area contributed by atoms with Crippen molar-refractivity contribution in [1.82, 2.24) is 10.6 Å². The molecule has 0 spiro atoms. The summed E-state index contributed by atoms with van der Waals surface area (Å²) in [6.45, 7) is 17.8. The smallest absolute Gasteiger partial charge is 0.328 e. The summed E-state index contributed by atoms with van der Waals surface area (Å²) >= 11 is 0. The molecule has 20 nitrogen and oxygen atoms in total. The lowest BCUT2D eigenvalue weighted by Gasteiger charge is -2.70. The first-order valence-corrected chi connectivity index (χ1v) is 25.1. The minimum Gasteiger partial charge on any atom is -0.469 e. The largest absolute Gasteiger partial charge is 0.469 e. The first-order chi connectivity index (χ1) is 33.0. The molecule has 2 saturated heterocycles. The Kier molecular flexibility index (Phi) is 15.2. The molecular formula is C51H78N2O18. The molecule has 0 aromatic carbocycles. The fourth-order valence-electron chi connectivity index (χ4n) is 14.7. The lowest BCUT2D eigenvalue weighted by Crippen LogP contribution is -2.69. The van der Waals surface area contributed by atoms with Crippen LogP contribution in [0.25, 0.3) is 0 Å². The van der Waals surface area contributed by atoms with Gasteiger partial charge in [-0.1, -0.05) is 47.1 Å². The Bertz CT molecular complexity index is 2140. The molecule has 7 aliphatic rings. The summed E-state index contributed by atoms with van der Waals surface area (Å²) in [5.41, 5.74) is -1.59. The summed E-state index contributed by atoms with van der Waals surface area (Å²) in [6, 6.07) is -2.41. The number of rotatable bonds is 11. The summed E-state index contributed by atoms with van der Waals surface area (Å²) in [5.74, 6) is -4.29. The minimum atomic E-state index is -2.06. The van der Waals surface area contributed by atoms with E-state index in [1.54, 1.807) is 0 Å². The average molecular weight is 1010 g/mol. The van der Waals surface area contributed by atoms with Crippen molar-refractivity contribution in [3.05, 3.63) is 11.6 Å². The van der Waals surface area contributed by atoms with Crippen molar-refractivity contribution in [2.75, 3.05) is 21.3 Å². The number of amides is 2. The maximum atomic E-state index is 15.1. The summed E-state index contributed by atoms with van der Waals surface area (Å²) < 4.78 is 39.5. The number of allylic oxidation sites excluding steroid dienone is 2. The van der Waals surface area contributed by atoms with Crippen molar-refractivity contribution >= 4 is 35.5 Å². The summed E-state index contributed by atoms with van der Waals surface area (Å²) in [5, 5.41) is 60.9. The average Bonchev–Trinajstić information content (AvgIpc) is 3.31. The number of nitrogens with one attached hydrogen (secondary N) is 2. The summed E-state index contributed by atoms with van der Waals surface area (Å²) in [6.07, 6.45) is -11.9. The van der Waals surface area contributed by atoms with Crippen molar-refractivity contribution in [2.45, 2.75) is 200 Å². The Morgan fingerprint density at radius 2 is 1.21 bits per heavy atom. The first-order valence-electron chi connectivity index (χ1n) is 25.1. The van der Waals surface area contributed by atoms with Gasteiger partial charge in [-0.05, 0) is 124 Å². The predicted molar refractivity (Wildman–Crippen MR) is 248 cm³/mol. The number of ether oxygens (including phenoxy) is 7. The van der Waals surface area contributed by atoms with Gasteiger partial charge in [-0.25, -0.2) is 9.59 Å². The molecule has 7 N–H and O–H groups in total. The van der Waals surface area contributed by atoms with E-state index in [1.807, 2.05) is 26.8 Å². The van der Waals surface area contributed by atoms with Crippen molar-refractivity contribution < 1.29 is 87.5 Å². The highest BCUT2D eigenvalue weighted by Gasteiger charge is 2.71. The molecule has 2 heterocycles. The maximum Gasteiger partial charge on any atom is 0.328 e. The van der Waals surface area contributed by atoms with E-state index in [1.165, 1.54) is 21.0 Å². The molecule has 71 heavy (non-hydrogen) atoms. The number of hydrogen-bond acceptors (Lipinski definition) is 18. The standard InChI is InChI=1S/C51H78N2O18/c1-23(41(62)65-10)52-39(60)35-31(56)30(55)34(59)43(69-35)71-37-33(58)32(57)36(40(61)53-24(2)42(63)66-11)70-44(37)68-29-14-15-49(7)28(46(29,3)4)13-16-51(9)38(49)27(54)21-25-26-22-48(6,45(64)67-12)18-17-47(26,5)19-20-50(25,51)8/h21,23-24,26,28-38,43-44,55-59H,13-20,22H2,1-12H3,(H,52,60)(H,53,61)/t23?,24?,26?,28?,29?,30?,31?,32?,33?,34?,35?,36?,37?,38?,43?,44?,47-,48+,49+,50-,51-/m1/s1. The molecule has 2 aliphatic heterocycles. The normalized spacial score (nSPS) is 45.7. The topological polar surface area (TPSA) is 292 Å². The first kappa shape index (κ1) is 55.2. The fourth-order valence-corrected chi connectivity index (χ4v) is 14.7. The lowest BCUT2D eigenvalue weighted by molar-refractivity contribution is -0.369. The molecule has 6 fully saturated rings. The zero-order valence-electron chi connectivity index (χ0n) is 43.2. The number of esters is 3. The van der Waals surface area contributed by atoms with Crippen LogP contribution in [0.15, 0.2) is 11.6 Å². The van der Waals surface area contributed by atoms with Crippen molar-refractivity contribution in [3.63, 3.8) is 0 Å². The maximum absolute atomic E-state index is 15.1. The third-order valence-electron chi connectivity index (χ3n) is 19.2. The molecule has 0 aromatic rings. The Hall–Kier alpha value is -3.60. The van der Waals surface area contributed by atoms with Gasteiger partial charge >= 0.3 is 17.9 Å². The lowest BCUT2D eigenvalue weighted by atomic mass is 9.33. The van der Waals surface area contributed by atoms with Crippen molar-refractivity contribution in [1.29, 1.82) is 0 Å². The highest BCUT2D eigenvalue weighted by atomic mass is 16.8. The Morgan fingerprint density at radius 1 is 0.662 bits per heavy atom. The van der Waals surface area contributed by atoms with Gasteiger partial charge in [0.15, 0.2) is 30.6 Å². The van der Waals surface area contributed by atoms with E-state index in [0.717, 1.165) is 58.3 Å². The number of fused-ring (bicyclic) bond motifs is 7. The van der Waals surface area contributed by atoms with Crippen LogP contribution in [0.1, 0.15) is 120 Å². The van der Waals surface area contributed by atoms with E-state index in [-0.39, 0.29) is 40.3 Å². The minimum absolute atomic E-state index is 0.0350. The van der Waals surface area contributed by atoms with Gasteiger partial charge in [-0.2, -0.15) is 0 Å². The van der Waals surface area contributed by atoms with Gasteiger partial charge in [0.1, 0.15) is 48.7 Å². The van der Waals surface area contributed by atoms with Gasteiger partial charge in [-0.3, -0.25) is 19.2 Å². The molecule has 20 heteroatoms. The Balaban J connectivity index is 1.18. The van der Waals surface area contributed by atoms with Gasteiger partial charge in [0.05, 0.1) is 32.8 Å². The van der Waals surface area contributed by atoms with Crippen LogP contribution >= 0.6 is 0 Å². The van der Waals surface area contributed by atoms with Crippen LogP contribution in [-0.4, -0.2) is 162 Å². The zero-order valence-corrected chi connectivity index (χ0v) is 43.2. The third kappa shape index (κ3) is 9.05. The number of ketones is 1. The molecule has 7 rings (SSSR count). The molecule has 400 valence electrons. The fraction of sp³-hybridized carbons (Fsp3) is 0.843. The van der Waals surface area contributed by atoms with E-state index < -0.39 is 125 Å². The van der Waals surface area contributed by atoms with E-state index in [4.69, 9.17) is 28.4 Å². The van der Waals surface area contributed by atoms with Gasteiger partial charge in [0.2, 0.25) is 0 Å². The number of carbonyl (C=O) groups is 6.